The summed E-state index contributed by atoms with van der Waals surface area (Å²) in [5.74, 6) is 0. The van der Waals surface area contributed by atoms with Crippen LogP contribution in [0, 0.1) is 0 Å². The van der Waals surface area contributed by atoms with Gasteiger partial charge < -0.3 is 14.2 Å². The van der Waals surface area contributed by atoms with Gasteiger partial charge in [0.1, 0.15) is 0 Å². The fourth-order valence-electron chi connectivity index (χ4n) is 0.949. The molecular weight excluding hydrogens is 270 g/mol. The fraction of sp³-hybridized carbons (Fsp3) is 0.250. The molecule has 7 nitrogen and oxygen atoms in total. The standard InChI is InChI=1S/C8H11NO4S.HO2S/c9-8-3-1-7(2-4-8)5-6-13-14(10,11)12;1-3-2/h1-4H,5-6,9H2,(H,10,11,12);3H/q;-1. The number of benzene rings is 1. The zero-order valence-corrected chi connectivity index (χ0v) is 10.4. The highest BCUT2D eigenvalue weighted by atomic mass is 32.3. The normalized spacial score (nSPS) is 10.4. The molecule has 1 aromatic carbocycles. The Balaban J connectivity index is 0.000000770. The zero-order valence-electron chi connectivity index (χ0n) is 8.64. The van der Waals surface area contributed by atoms with Crippen LogP contribution in [-0.2, 0) is 41.0 Å². The van der Waals surface area contributed by atoms with E-state index in [0.29, 0.717) is 12.1 Å². The van der Waals surface area contributed by atoms with Crippen molar-refractivity contribution in [2.24, 2.45) is 0 Å². The van der Waals surface area contributed by atoms with E-state index < -0.39 is 22.0 Å². The third-order valence-corrected chi connectivity index (χ3v) is 2.07. The van der Waals surface area contributed by atoms with Crippen molar-refractivity contribution in [2.75, 3.05) is 12.3 Å². The molecule has 0 saturated heterocycles. The van der Waals surface area contributed by atoms with E-state index in [1.807, 2.05) is 0 Å². The van der Waals surface area contributed by atoms with Crippen LogP contribution in [0.15, 0.2) is 24.3 Å². The van der Waals surface area contributed by atoms with Gasteiger partial charge in [-0.25, -0.2) is 4.18 Å². The highest BCUT2D eigenvalue weighted by Crippen LogP contribution is 2.06. The highest BCUT2D eigenvalue weighted by Gasteiger charge is 2.03. The largest absolute Gasteiger partial charge is 0.427 e. The van der Waals surface area contributed by atoms with Crippen molar-refractivity contribution in [1.29, 1.82) is 0 Å². The summed E-state index contributed by atoms with van der Waals surface area (Å²) in [6.07, 6.45) is 0.403. The molecule has 0 heterocycles. The van der Waals surface area contributed by atoms with Crippen LogP contribution >= 0.6 is 0 Å². The van der Waals surface area contributed by atoms with Crippen molar-refractivity contribution in [1.82, 2.24) is 0 Å². The van der Waals surface area contributed by atoms with Gasteiger partial charge >= 0.3 is 10.4 Å². The first-order valence-corrected chi connectivity index (χ1v) is 6.40. The molecule has 0 aromatic heterocycles. The van der Waals surface area contributed by atoms with Crippen molar-refractivity contribution in [3.63, 3.8) is 0 Å². The number of nitrogens with two attached hydrogens (primary N) is 1. The third-order valence-electron chi connectivity index (χ3n) is 1.60. The van der Waals surface area contributed by atoms with Crippen molar-refractivity contribution in [2.45, 2.75) is 6.42 Å². The van der Waals surface area contributed by atoms with Crippen LogP contribution in [0.5, 0.6) is 0 Å². The van der Waals surface area contributed by atoms with Crippen molar-refractivity contribution >= 4 is 27.7 Å². The van der Waals surface area contributed by atoms with Gasteiger partial charge in [-0.2, -0.15) is 8.42 Å². The van der Waals surface area contributed by atoms with Gasteiger partial charge in [0.25, 0.3) is 0 Å². The SMILES string of the molecule is Nc1ccc(CCOS(=O)(=O)O)cc1.O=[SH-]=O. The van der Waals surface area contributed by atoms with Gasteiger partial charge in [0, 0.05) is 5.69 Å². The molecule has 0 fully saturated rings. The van der Waals surface area contributed by atoms with Crippen LogP contribution in [0.25, 0.3) is 0 Å². The molecule has 0 aliphatic rings. The predicted molar refractivity (Wildman–Crippen MR) is 62.2 cm³/mol. The van der Waals surface area contributed by atoms with Crippen LogP contribution in [0.2, 0.25) is 0 Å². The maximum atomic E-state index is 10.2. The molecule has 1 rings (SSSR count). The minimum atomic E-state index is -4.33. The van der Waals surface area contributed by atoms with Gasteiger partial charge in [0.15, 0.2) is 0 Å². The first kappa shape index (κ1) is 15.8. The molecule has 0 radical (unpaired) electrons. The summed E-state index contributed by atoms with van der Waals surface area (Å²) in [7, 11) is -4.33. The Morgan fingerprint density at radius 1 is 1.24 bits per heavy atom. The Labute approximate surface area is 102 Å². The molecule has 0 amide bonds. The minimum absolute atomic E-state index is 0.0806. The van der Waals surface area contributed by atoms with Gasteiger partial charge in [0.2, 0.25) is 0 Å². The summed E-state index contributed by atoms with van der Waals surface area (Å²) in [6.45, 7) is -0.0806. The molecule has 0 aliphatic heterocycles. The summed E-state index contributed by atoms with van der Waals surface area (Å²) in [6, 6.07) is 6.96. The molecule has 0 aliphatic carbocycles. The minimum Gasteiger partial charge on any atom is -0.427 e. The van der Waals surface area contributed by atoms with E-state index in [0.717, 1.165) is 5.56 Å². The van der Waals surface area contributed by atoms with E-state index in [1.54, 1.807) is 24.3 Å². The molecule has 0 atom stereocenters. The number of hydrogen-bond acceptors (Lipinski definition) is 7. The number of thiol groups is 1. The average Bonchev–Trinajstić information content (AvgIpc) is 2.20. The van der Waals surface area contributed by atoms with E-state index in [4.69, 9.17) is 18.7 Å². The average molecular weight is 282 g/mol. The maximum Gasteiger partial charge on any atom is 0.397 e. The number of rotatable bonds is 4. The van der Waals surface area contributed by atoms with E-state index >= 15 is 0 Å². The van der Waals surface area contributed by atoms with Gasteiger partial charge in [-0.1, -0.05) is 23.7 Å². The first-order chi connectivity index (χ1) is 7.89. The third kappa shape index (κ3) is 9.75. The molecule has 3 N–H and O–H groups in total. The lowest BCUT2D eigenvalue weighted by atomic mass is 10.1. The van der Waals surface area contributed by atoms with Crippen LogP contribution < -0.4 is 5.73 Å². The van der Waals surface area contributed by atoms with Crippen molar-refractivity contribution in [3.8, 4) is 0 Å². The Hall–Kier alpha value is -1.16. The fourth-order valence-corrected chi connectivity index (χ4v) is 1.24. The second kappa shape index (κ2) is 8.01. The van der Waals surface area contributed by atoms with E-state index in [1.165, 1.54) is 0 Å². The lowest BCUT2D eigenvalue weighted by Crippen LogP contribution is -2.06. The molecule has 9 heteroatoms. The summed E-state index contributed by atoms with van der Waals surface area (Å²) in [5, 5.41) is 0. The van der Waals surface area contributed by atoms with Gasteiger partial charge in [-0.05, 0) is 24.1 Å². The molecule has 0 spiro atoms. The Bertz CT molecular complexity index is 463. The second-order valence-corrected chi connectivity index (χ2v) is 4.06. The first-order valence-electron chi connectivity index (χ1n) is 4.30. The number of hydrogen-bond donors (Lipinski definition) is 2. The second-order valence-electron chi connectivity index (χ2n) is 2.82. The topological polar surface area (TPSA) is 124 Å². The lowest BCUT2D eigenvalue weighted by Gasteiger charge is -2.01. The van der Waals surface area contributed by atoms with Crippen LogP contribution in [0.1, 0.15) is 5.56 Å². The zero-order chi connectivity index (χ0) is 13.3. The van der Waals surface area contributed by atoms with Crippen molar-refractivity contribution < 1.29 is 25.6 Å². The molecule has 1 aromatic rings. The summed E-state index contributed by atoms with van der Waals surface area (Å²) in [5.41, 5.74) is 6.99. The Morgan fingerprint density at radius 2 is 1.71 bits per heavy atom. The van der Waals surface area contributed by atoms with Gasteiger partial charge in [0.05, 0.1) is 6.61 Å². The Kier molecular flexibility index (Phi) is 7.46. The summed E-state index contributed by atoms with van der Waals surface area (Å²) in [4.78, 5) is 0. The smallest absolute Gasteiger partial charge is 0.397 e. The Morgan fingerprint density at radius 3 is 2.12 bits per heavy atom. The van der Waals surface area contributed by atoms with E-state index in [2.05, 4.69) is 4.18 Å². The van der Waals surface area contributed by atoms with Crippen LogP contribution in [-0.4, -0.2) is 19.6 Å². The molecular formula is C8H12NO6S2-. The van der Waals surface area contributed by atoms with E-state index in [-0.39, 0.29) is 6.61 Å². The van der Waals surface area contributed by atoms with Crippen LogP contribution in [0.4, 0.5) is 5.69 Å². The van der Waals surface area contributed by atoms with Gasteiger partial charge in [-0.15, -0.1) is 0 Å². The molecule has 0 bridgehead atoms. The number of anilines is 1. The maximum absolute atomic E-state index is 10.2. The quantitative estimate of drug-likeness (QED) is 0.348. The molecule has 0 unspecified atom stereocenters. The molecule has 98 valence electrons. The summed E-state index contributed by atoms with van der Waals surface area (Å²) >= 11 is -1.08. The van der Waals surface area contributed by atoms with Crippen molar-refractivity contribution in [3.05, 3.63) is 29.8 Å². The molecule has 17 heavy (non-hydrogen) atoms. The summed E-state index contributed by atoms with van der Waals surface area (Å²) < 4.78 is 49.5. The van der Waals surface area contributed by atoms with Gasteiger partial charge in [-0.3, -0.25) is 4.55 Å². The molecule has 0 saturated carbocycles. The lowest BCUT2D eigenvalue weighted by molar-refractivity contribution is 0.272. The van der Waals surface area contributed by atoms with Crippen LogP contribution in [0.3, 0.4) is 0 Å². The predicted octanol–water partition coefficient (Wildman–Crippen LogP) is 0.123. The highest BCUT2D eigenvalue weighted by molar-refractivity contribution is 7.80. The monoisotopic (exact) mass is 282 g/mol. The number of nitrogen functional groups attached to an aromatic ring is 1. The van der Waals surface area contributed by atoms with E-state index in [9.17, 15) is 8.42 Å².